The summed E-state index contributed by atoms with van der Waals surface area (Å²) >= 11 is 0. The molecule has 0 saturated carbocycles. The first-order valence-electron chi connectivity index (χ1n) is 6.86. The first-order chi connectivity index (χ1) is 8.66. The smallest absolute Gasteiger partial charge is 0.279 e. The third kappa shape index (κ3) is 3.33. The fourth-order valence-corrected chi connectivity index (χ4v) is 2.65. The summed E-state index contributed by atoms with van der Waals surface area (Å²) in [6, 6.07) is 6.10. The lowest BCUT2D eigenvalue weighted by molar-refractivity contribution is -0.896. The lowest BCUT2D eigenvalue weighted by Gasteiger charge is -2.23. The molecule has 0 aromatic heterocycles. The summed E-state index contributed by atoms with van der Waals surface area (Å²) in [5, 5.41) is 3.07. The molecule has 0 spiro atoms. The van der Waals surface area contributed by atoms with E-state index >= 15 is 0 Å². The maximum Gasteiger partial charge on any atom is 0.279 e. The van der Waals surface area contributed by atoms with Gasteiger partial charge in [-0.2, -0.15) is 0 Å². The van der Waals surface area contributed by atoms with Gasteiger partial charge >= 0.3 is 0 Å². The zero-order chi connectivity index (χ0) is 13.0. The number of carbonyl (C=O) groups excluding carboxylic acids is 1. The van der Waals surface area contributed by atoms with Gasteiger partial charge in [-0.1, -0.05) is 18.2 Å². The Hall–Kier alpha value is -1.35. The highest BCUT2D eigenvalue weighted by atomic mass is 16.2. The van der Waals surface area contributed by atoms with Crippen LogP contribution in [0.4, 0.5) is 5.69 Å². The summed E-state index contributed by atoms with van der Waals surface area (Å²) in [6.07, 6.45) is 3.83. The second-order valence-electron chi connectivity index (χ2n) is 5.30. The maximum atomic E-state index is 12.1. The topological polar surface area (TPSA) is 33.5 Å². The Bertz CT molecular complexity index is 402. The Morgan fingerprint density at radius 3 is 2.39 bits per heavy atom. The fraction of sp³-hybridized carbons (Fsp3) is 0.533. The third-order valence-corrected chi connectivity index (χ3v) is 3.72. The van der Waals surface area contributed by atoms with Crippen molar-refractivity contribution >= 4 is 11.6 Å². The van der Waals surface area contributed by atoms with E-state index < -0.39 is 0 Å². The Morgan fingerprint density at radius 2 is 1.78 bits per heavy atom. The van der Waals surface area contributed by atoms with Crippen LogP contribution in [0.25, 0.3) is 0 Å². The first kappa shape index (κ1) is 13.1. The van der Waals surface area contributed by atoms with Crippen molar-refractivity contribution in [3.63, 3.8) is 0 Å². The number of likely N-dealkylation sites (tertiary alicyclic amines) is 1. The van der Waals surface area contributed by atoms with E-state index in [0.717, 1.165) is 29.9 Å². The van der Waals surface area contributed by atoms with Gasteiger partial charge in [0.25, 0.3) is 5.91 Å². The number of hydrogen-bond donors (Lipinski definition) is 2. The molecular weight excluding hydrogens is 224 g/mol. The van der Waals surface area contributed by atoms with Gasteiger partial charge in [0.05, 0.1) is 13.1 Å². The largest absolute Gasteiger partial charge is 0.327 e. The molecule has 18 heavy (non-hydrogen) atoms. The van der Waals surface area contributed by atoms with Gasteiger partial charge in [0.15, 0.2) is 6.54 Å². The zero-order valence-corrected chi connectivity index (χ0v) is 11.4. The summed E-state index contributed by atoms with van der Waals surface area (Å²) < 4.78 is 0. The molecule has 1 heterocycles. The van der Waals surface area contributed by atoms with Crippen LogP contribution in [-0.2, 0) is 4.79 Å². The van der Waals surface area contributed by atoms with E-state index in [1.54, 1.807) is 0 Å². The number of carbonyl (C=O) groups is 1. The van der Waals surface area contributed by atoms with E-state index in [2.05, 4.69) is 5.32 Å². The predicted octanol–water partition coefficient (Wildman–Crippen LogP) is 1.31. The molecule has 2 rings (SSSR count). The standard InChI is InChI=1S/C15H22N2O/c1-12-7-6-8-13(2)15(12)16-14(18)11-17-9-4-3-5-10-17/h6-8H,3-5,9-11H2,1-2H3,(H,16,18)/p+1. The molecule has 1 aromatic carbocycles. The number of anilines is 1. The van der Waals surface area contributed by atoms with E-state index in [1.165, 1.54) is 24.2 Å². The summed E-state index contributed by atoms with van der Waals surface area (Å²) in [5.41, 5.74) is 3.26. The summed E-state index contributed by atoms with van der Waals surface area (Å²) in [5.74, 6) is 0.143. The van der Waals surface area contributed by atoms with Gasteiger partial charge in [0.2, 0.25) is 0 Å². The second-order valence-corrected chi connectivity index (χ2v) is 5.30. The van der Waals surface area contributed by atoms with Gasteiger partial charge in [-0.25, -0.2) is 0 Å². The van der Waals surface area contributed by atoms with Crippen LogP contribution >= 0.6 is 0 Å². The van der Waals surface area contributed by atoms with Gasteiger partial charge in [-0.3, -0.25) is 4.79 Å². The van der Waals surface area contributed by atoms with Crippen LogP contribution in [0.15, 0.2) is 18.2 Å². The van der Waals surface area contributed by atoms with Crippen LogP contribution in [0, 0.1) is 13.8 Å². The Labute approximate surface area is 109 Å². The fourth-order valence-electron chi connectivity index (χ4n) is 2.65. The molecule has 0 radical (unpaired) electrons. The minimum atomic E-state index is 0.143. The molecule has 0 unspecified atom stereocenters. The Balaban J connectivity index is 1.94. The van der Waals surface area contributed by atoms with E-state index in [1.807, 2.05) is 32.0 Å². The molecule has 3 nitrogen and oxygen atoms in total. The Kier molecular flexibility index (Phi) is 4.37. The number of benzene rings is 1. The molecule has 1 amide bonds. The molecule has 0 atom stereocenters. The number of nitrogens with one attached hydrogen (secondary N) is 2. The number of hydrogen-bond acceptors (Lipinski definition) is 1. The van der Waals surface area contributed by atoms with Crippen molar-refractivity contribution in [2.24, 2.45) is 0 Å². The van der Waals surface area contributed by atoms with Crippen molar-refractivity contribution in [2.45, 2.75) is 33.1 Å². The van der Waals surface area contributed by atoms with Gasteiger partial charge in [-0.15, -0.1) is 0 Å². The minimum absolute atomic E-state index is 0.143. The number of rotatable bonds is 3. The van der Waals surface area contributed by atoms with Gasteiger partial charge < -0.3 is 10.2 Å². The lowest BCUT2D eigenvalue weighted by Crippen LogP contribution is -3.13. The maximum absolute atomic E-state index is 12.1. The van der Waals surface area contributed by atoms with Crippen LogP contribution in [0.5, 0.6) is 0 Å². The van der Waals surface area contributed by atoms with Gasteiger partial charge in [-0.05, 0) is 44.2 Å². The number of quaternary nitrogens is 1. The molecule has 2 N–H and O–H groups in total. The van der Waals surface area contributed by atoms with Crippen LogP contribution in [0.2, 0.25) is 0 Å². The third-order valence-electron chi connectivity index (χ3n) is 3.72. The monoisotopic (exact) mass is 247 g/mol. The van der Waals surface area contributed by atoms with Gasteiger partial charge in [0.1, 0.15) is 0 Å². The van der Waals surface area contributed by atoms with Crippen molar-refractivity contribution in [3.05, 3.63) is 29.3 Å². The molecular formula is C15H23N2O+. The lowest BCUT2D eigenvalue weighted by atomic mass is 10.1. The highest BCUT2D eigenvalue weighted by Gasteiger charge is 2.17. The van der Waals surface area contributed by atoms with Crippen molar-refractivity contribution in [2.75, 3.05) is 25.0 Å². The average molecular weight is 247 g/mol. The van der Waals surface area contributed by atoms with Crippen molar-refractivity contribution in [1.29, 1.82) is 0 Å². The first-order valence-corrected chi connectivity index (χ1v) is 6.86. The van der Waals surface area contributed by atoms with E-state index in [-0.39, 0.29) is 5.91 Å². The van der Waals surface area contributed by atoms with Crippen LogP contribution in [-0.4, -0.2) is 25.5 Å². The van der Waals surface area contributed by atoms with Crippen LogP contribution < -0.4 is 10.2 Å². The van der Waals surface area contributed by atoms with Gasteiger partial charge in [0, 0.05) is 5.69 Å². The number of amides is 1. The summed E-state index contributed by atoms with van der Waals surface area (Å²) in [4.78, 5) is 13.5. The Morgan fingerprint density at radius 1 is 1.17 bits per heavy atom. The molecule has 0 bridgehead atoms. The molecule has 98 valence electrons. The highest BCUT2D eigenvalue weighted by Crippen LogP contribution is 2.18. The molecule has 0 aliphatic carbocycles. The quantitative estimate of drug-likeness (QED) is 0.829. The van der Waals surface area contributed by atoms with E-state index in [4.69, 9.17) is 0 Å². The number of aryl methyl sites for hydroxylation is 2. The van der Waals surface area contributed by atoms with E-state index in [0.29, 0.717) is 6.54 Å². The van der Waals surface area contributed by atoms with Crippen LogP contribution in [0.1, 0.15) is 30.4 Å². The second kappa shape index (κ2) is 6.01. The number of piperidine rings is 1. The summed E-state index contributed by atoms with van der Waals surface area (Å²) in [6.45, 7) is 6.96. The summed E-state index contributed by atoms with van der Waals surface area (Å²) in [7, 11) is 0. The minimum Gasteiger partial charge on any atom is -0.327 e. The number of para-hydroxylation sites is 1. The van der Waals surface area contributed by atoms with Crippen LogP contribution in [0.3, 0.4) is 0 Å². The molecule has 1 fully saturated rings. The average Bonchev–Trinajstić information content (AvgIpc) is 2.35. The van der Waals surface area contributed by atoms with Crippen molar-refractivity contribution < 1.29 is 9.69 Å². The SMILES string of the molecule is Cc1cccc(C)c1NC(=O)C[NH+]1CCCCC1. The molecule has 1 aliphatic heterocycles. The molecule has 1 aliphatic rings. The zero-order valence-electron chi connectivity index (χ0n) is 11.4. The molecule has 1 saturated heterocycles. The highest BCUT2D eigenvalue weighted by molar-refractivity contribution is 5.93. The molecule has 1 aromatic rings. The van der Waals surface area contributed by atoms with E-state index in [9.17, 15) is 4.79 Å². The molecule has 3 heteroatoms. The van der Waals surface area contributed by atoms with Crippen molar-refractivity contribution in [3.8, 4) is 0 Å². The predicted molar refractivity (Wildman–Crippen MR) is 74.0 cm³/mol. The normalized spacial score (nSPS) is 16.6. The van der Waals surface area contributed by atoms with Crippen molar-refractivity contribution in [1.82, 2.24) is 0 Å².